The zero-order chi connectivity index (χ0) is 20.4. The summed E-state index contributed by atoms with van der Waals surface area (Å²) in [6.07, 6.45) is 11.2. The molecular weight excluding hydrogens is 372 g/mol. The third kappa shape index (κ3) is 5.84. The minimum absolute atomic E-state index is 0.686. The van der Waals surface area contributed by atoms with Crippen molar-refractivity contribution >= 4 is 10.9 Å². The standard InChI is InChI=1S/C25H26N4O/c1-4-21(19-27-11-1)10-16-29(20-22-8-13-26-14-9-22)15-3-17-30-24-6-7-25-23(18-24)5-2-12-28-25/h1-2,4-9,11-14,18-19H,3,10,15-17,20H2. The summed E-state index contributed by atoms with van der Waals surface area (Å²) in [4.78, 5) is 15.2. The molecule has 5 nitrogen and oxygen atoms in total. The van der Waals surface area contributed by atoms with Gasteiger partial charge >= 0.3 is 0 Å². The molecule has 3 heterocycles. The Morgan fingerprint density at radius 1 is 0.800 bits per heavy atom. The van der Waals surface area contributed by atoms with Gasteiger partial charge in [-0.1, -0.05) is 12.1 Å². The minimum Gasteiger partial charge on any atom is -0.494 e. The van der Waals surface area contributed by atoms with Crippen molar-refractivity contribution in [2.24, 2.45) is 0 Å². The molecule has 5 heteroatoms. The number of nitrogens with zero attached hydrogens (tertiary/aromatic N) is 4. The average molecular weight is 399 g/mol. The predicted molar refractivity (Wildman–Crippen MR) is 119 cm³/mol. The molecule has 0 aliphatic carbocycles. The van der Waals surface area contributed by atoms with Gasteiger partial charge in [-0.05, 0) is 66.4 Å². The van der Waals surface area contributed by atoms with Crippen LogP contribution in [0.4, 0.5) is 0 Å². The van der Waals surface area contributed by atoms with Crippen molar-refractivity contribution in [2.45, 2.75) is 19.4 Å². The Hall–Kier alpha value is -3.31. The smallest absolute Gasteiger partial charge is 0.120 e. The highest BCUT2D eigenvalue weighted by Crippen LogP contribution is 2.19. The maximum atomic E-state index is 6.00. The summed E-state index contributed by atoms with van der Waals surface area (Å²) in [6.45, 7) is 3.54. The van der Waals surface area contributed by atoms with Crippen LogP contribution in [-0.2, 0) is 13.0 Å². The van der Waals surface area contributed by atoms with Gasteiger partial charge in [-0.15, -0.1) is 0 Å². The summed E-state index contributed by atoms with van der Waals surface area (Å²) in [7, 11) is 0. The van der Waals surface area contributed by atoms with E-state index in [0.717, 1.165) is 49.1 Å². The number of ether oxygens (including phenoxy) is 1. The van der Waals surface area contributed by atoms with E-state index in [1.807, 2.05) is 55.2 Å². The summed E-state index contributed by atoms with van der Waals surface area (Å²) in [5, 5.41) is 1.10. The van der Waals surface area contributed by atoms with E-state index in [2.05, 4.69) is 50.2 Å². The normalized spacial score (nSPS) is 11.1. The lowest BCUT2D eigenvalue weighted by atomic mass is 10.2. The van der Waals surface area contributed by atoms with Gasteiger partial charge in [-0.25, -0.2) is 0 Å². The molecule has 0 N–H and O–H groups in total. The highest BCUT2D eigenvalue weighted by atomic mass is 16.5. The van der Waals surface area contributed by atoms with Gasteiger partial charge < -0.3 is 4.74 Å². The molecule has 0 aliphatic heterocycles. The van der Waals surface area contributed by atoms with E-state index in [1.165, 1.54) is 11.1 Å². The molecule has 0 aliphatic rings. The SMILES string of the molecule is c1cncc(CCN(CCCOc2ccc3ncccc3c2)Cc2ccncc2)c1. The van der Waals surface area contributed by atoms with Crippen LogP contribution in [0.3, 0.4) is 0 Å². The van der Waals surface area contributed by atoms with Gasteiger partial charge in [0, 0.05) is 56.0 Å². The first-order valence-corrected chi connectivity index (χ1v) is 10.3. The van der Waals surface area contributed by atoms with Gasteiger partial charge in [0.2, 0.25) is 0 Å². The van der Waals surface area contributed by atoms with Gasteiger partial charge in [0.1, 0.15) is 5.75 Å². The summed E-state index contributed by atoms with van der Waals surface area (Å²) in [6, 6.07) is 18.4. The fourth-order valence-electron chi connectivity index (χ4n) is 3.47. The molecule has 0 amide bonds. The molecule has 4 aromatic rings. The predicted octanol–water partition coefficient (Wildman–Crippen LogP) is 4.54. The number of rotatable bonds is 10. The van der Waals surface area contributed by atoms with Crippen LogP contribution >= 0.6 is 0 Å². The largest absolute Gasteiger partial charge is 0.494 e. The Labute approximate surface area is 177 Å². The van der Waals surface area contributed by atoms with Gasteiger partial charge in [-0.3, -0.25) is 19.9 Å². The van der Waals surface area contributed by atoms with Crippen LogP contribution < -0.4 is 4.74 Å². The first-order chi connectivity index (χ1) is 14.9. The highest BCUT2D eigenvalue weighted by molar-refractivity contribution is 5.79. The number of fused-ring (bicyclic) bond motifs is 1. The quantitative estimate of drug-likeness (QED) is 0.367. The van der Waals surface area contributed by atoms with E-state index < -0.39 is 0 Å². The molecule has 152 valence electrons. The van der Waals surface area contributed by atoms with Crippen LogP contribution in [0, 0.1) is 0 Å². The first kappa shape index (κ1) is 20.0. The third-order valence-corrected chi connectivity index (χ3v) is 5.06. The zero-order valence-corrected chi connectivity index (χ0v) is 17.0. The van der Waals surface area contributed by atoms with Gasteiger partial charge in [0.15, 0.2) is 0 Å². The second kappa shape index (κ2) is 10.5. The molecule has 0 bridgehead atoms. The van der Waals surface area contributed by atoms with E-state index in [-0.39, 0.29) is 0 Å². The second-order valence-electron chi connectivity index (χ2n) is 7.30. The van der Waals surface area contributed by atoms with E-state index in [1.54, 1.807) is 0 Å². The maximum absolute atomic E-state index is 6.00. The van der Waals surface area contributed by atoms with Crippen LogP contribution in [-0.4, -0.2) is 39.5 Å². The lowest BCUT2D eigenvalue weighted by molar-refractivity contribution is 0.230. The lowest BCUT2D eigenvalue weighted by Crippen LogP contribution is -2.28. The Kier molecular flexibility index (Phi) is 6.97. The zero-order valence-electron chi connectivity index (χ0n) is 17.0. The van der Waals surface area contributed by atoms with Gasteiger partial charge in [0.25, 0.3) is 0 Å². The second-order valence-corrected chi connectivity index (χ2v) is 7.30. The van der Waals surface area contributed by atoms with Crippen LogP contribution in [0.1, 0.15) is 17.5 Å². The Morgan fingerprint density at radius 3 is 2.57 bits per heavy atom. The Bertz CT molecular complexity index is 1040. The Balaban J connectivity index is 1.31. The average Bonchev–Trinajstić information content (AvgIpc) is 2.81. The van der Waals surface area contributed by atoms with Crippen LogP contribution in [0.5, 0.6) is 5.75 Å². The van der Waals surface area contributed by atoms with Gasteiger partial charge in [-0.2, -0.15) is 0 Å². The number of hydrogen-bond acceptors (Lipinski definition) is 5. The summed E-state index contributed by atoms with van der Waals surface area (Å²) in [5.74, 6) is 0.895. The fourth-order valence-corrected chi connectivity index (χ4v) is 3.47. The Morgan fingerprint density at radius 2 is 1.70 bits per heavy atom. The molecule has 30 heavy (non-hydrogen) atoms. The first-order valence-electron chi connectivity index (χ1n) is 10.3. The van der Waals surface area contributed by atoms with Crippen molar-refractivity contribution in [3.8, 4) is 5.75 Å². The van der Waals surface area contributed by atoms with Crippen molar-refractivity contribution < 1.29 is 4.74 Å². The molecule has 0 saturated carbocycles. The van der Waals surface area contributed by atoms with Crippen molar-refractivity contribution in [2.75, 3.05) is 19.7 Å². The number of pyridine rings is 3. The molecule has 3 aromatic heterocycles. The van der Waals surface area contributed by atoms with E-state index >= 15 is 0 Å². The van der Waals surface area contributed by atoms with Crippen molar-refractivity contribution in [1.29, 1.82) is 0 Å². The number of hydrogen-bond donors (Lipinski definition) is 0. The van der Waals surface area contributed by atoms with E-state index in [4.69, 9.17) is 4.74 Å². The lowest BCUT2D eigenvalue weighted by Gasteiger charge is -2.22. The van der Waals surface area contributed by atoms with Crippen LogP contribution in [0.15, 0.2) is 85.6 Å². The molecule has 4 rings (SSSR count). The minimum atomic E-state index is 0.686. The maximum Gasteiger partial charge on any atom is 0.120 e. The van der Waals surface area contributed by atoms with Gasteiger partial charge in [0.05, 0.1) is 12.1 Å². The van der Waals surface area contributed by atoms with Crippen molar-refractivity contribution in [3.63, 3.8) is 0 Å². The molecule has 0 fully saturated rings. The highest BCUT2D eigenvalue weighted by Gasteiger charge is 2.07. The van der Waals surface area contributed by atoms with Crippen molar-refractivity contribution in [3.05, 3.63) is 96.7 Å². The van der Waals surface area contributed by atoms with Crippen LogP contribution in [0.2, 0.25) is 0 Å². The fraction of sp³-hybridized carbons (Fsp3) is 0.240. The summed E-state index contributed by atoms with van der Waals surface area (Å²) in [5.41, 5.74) is 3.53. The van der Waals surface area contributed by atoms with E-state index in [0.29, 0.717) is 6.61 Å². The molecule has 0 unspecified atom stereocenters. The van der Waals surface area contributed by atoms with Crippen molar-refractivity contribution in [1.82, 2.24) is 19.9 Å². The molecular formula is C25H26N4O. The number of benzene rings is 1. The molecule has 0 atom stereocenters. The summed E-state index contributed by atoms with van der Waals surface area (Å²) >= 11 is 0. The third-order valence-electron chi connectivity index (χ3n) is 5.06. The molecule has 0 spiro atoms. The number of aromatic nitrogens is 3. The topological polar surface area (TPSA) is 51.1 Å². The van der Waals surface area contributed by atoms with E-state index in [9.17, 15) is 0 Å². The summed E-state index contributed by atoms with van der Waals surface area (Å²) < 4.78 is 6.00. The molecule has 0 saturated heterocycles. The van der Waals surface area contributed by atoms with Crippen LogP contribution in [0.25, 0.3) is 10.9 Å². The monoisotopic (exact) mass is 398 g/mol. The molecule has 0 radical (unpaired) electrons. The molecule has 1 aromatic carbocycles.